The van der Waals surface area contributed by atoms with Gasteiger partial charge in [-0.15, -0.1) is 0 Å². The zero-order valence-electron chi connectivity index (χ0n) is 12.1. The second-order valence-corrected chi connectivity index (χ2v) is 5.48. The maximum atomic E-state index is 8.69. The Labute approximate surface area is 129 Å². The third kappa shape index (κ3) is 4.81. The molecule has 1 aromatic heterocycles. The molecule has 0 saturated carbocycles. The molecular weight excluding hydrogens is 288 g/mol. The molecule has 1 heterocycles. The fraction of sp³-hybridized carbons (Fsp3) is 0.467. The highest BCUT2D eigenvalue weighted by atomic mass is 35.5. The standard InChI is InChI=1S/C15H21ClN4O/c1-11(3-2-6-17-7-8-21)20-15-13-5-4-12(16)9-14(13)18-10-19-15/h4-5,9-11,17,21H,2-3,6-8H2,1H3,(H,18,19,20). The van der Waals surface area contributed by atoms with Crippen molar-refractivity contribution in [1.82, 2.24) is 15.3 Å². The van der Waals surface area contributed by atoms with Crippen molar-refractivity contribution in [3.63, 3.8) is 0 Å². The van der Waals surface area contributed by atoms with Gasteiger partial charge in [0.25, 0.3) is 0 Å². The normalized spacial score (nSPS) is 12.5. The van der Waals surface area contributed by atoms with E-state index >= 15 is 0 Å². The average Bonchev–Trinajstić information content (AvgIpc) is 2.47. The Bertz CT molecular complexity index is 579. The third-order valence-electron chi connectivity index (χ3n) is 3.26. The number of aromatic nitrogens is 2. The number of benzene rings is 1. The van der Waals surface area contributed by atoms with E-state index in [9.17, 15) is 0 Å². The van der Waals surface area contributed by atoms with Crippen LogP contribution in [-0.4, -0.2) is 40.8 Å². The van der Waals surface area contributed by atoms with Crippen LogP contribution in [0.2, 0.25) is 5.02 Å². The number of anilines is 1. The minimum Gasteiger partial charge on any atom is -0.395 e. The lowest BCUT2D eigenvalue weighted by molar-refractivity contribution is 0.292. The number of aliphatic hydroxyl groups is 1. The van der Waals surface area contributed by atoms with Gasteiger partial charge in [0.15, 0.2) is 0 Å². The summed E-state index contributed by atoms with van der Waals surface area (Å²) < 4.78 is 0. The van der Waals surface area contributed by atoms with Crippen molar-refractivity contribution in [2.75, 3.05) is 25.0 Å². The highest BCUT2D eigenvalue weighted by molar-refractivity contribution is 6.31. The summed E-state index contributed by atoms with van der Waals surface area (Å²) in [5.74, 6) is 0.840. The van der Waals surface area contributed by atoms with Crippen molar-refractivity contribution in [1.29, 1.82) is 0 Å². The van der Waals surface area contributed by atoms with Crippen molar-refractivity contribution < 1.29 is 5.11 Å². The first-order valence-electron chi connectivity index (χ1n) is 7.19. The number of fused-ring (bicyclic) bond motifs is 1. The molecule has 0 fully saturated rings. The number of halogens is 1. The van der Waals surface area contributed by atoms with E-state index in [2.05, 4.69) is 27.5 Å². The summed E-state index contributed by atoms with van der Waals surface area (Å²) in [7, 11) is 0. The van der Waals surface area contributed by atoms with Gasteiger partial charge in [0.1, 0.15) is 12.1 Å². The molecule has 0 saturated heterocycles. The van der Waals surface area contributed by atoms with Crippen LogP contribution in [0.4, 0.5) is 5.82 Å². The van der Waals surface area contributed by atoms with E-state index in [-0.39, 0.29) is 6.61 Å². The number of hydrogen-bond acceptors (Lipinski definition) is 5. The maximum Gasteiger partial charge on any atom is 0.137 e. The van der Waals surface area contributed by atoms with Crippen LogP contribution in [0.15, 0.2) is 24.5 Å². The van der Waals surface area contributed by atoms with Gasteiger partial charge >= 0.3 is 0 Å². The minimum atomic E-state index is 0.184. The van der Waals surface area contributed by atoms with Gasteiger partial charge in [-0.1, -0.05) is 11.6 Å². The first-order valence-corrected chi connectivity index (χ1v) is 7.57. The van der Waals surface area contributed by atoms with Gasteiger partial charge in [-0.3, -0.25) is 0 Å². The molecule has 0 aliphatic carbocycles. The quantitative estimate of drug-likeness (QED) is 0.654. The van der Waals surface area contributed by atoms with Gasteiger partial charge in [-0.2, -0.15) is 0 Å². The van der Waals surface area contributed by atoms with Crippen LogP contribution < -0.4 is 10.6 Å². The molecule has 6 heteroatoms. The van der Waals surface area contributed by atoms with Crippen LogP contribution in [-0.2, 0) is 0 Å². The fourth-order valence-electron chi connectivity index (χ4n) is 2.19. The molecule has 114 valence electrons. The molecule has 0 spiro atoms. The first kappa shape index (κ1) is 15.9. The molecule has 1 atom stereocenters. The second kappa shape index (κ2) is 8.12. The zero-order chi connectivity index (χ0) is 15.1. The lowest BCUT2D eigenvalue weighted by Gasteiger charge is -2.15. The van der Waals surface area contributed by atoms with Crippen molar-refractivity contribution in [3.05, 3.63) is 29.5 Å². The Balaban J connectivity index is 1.93. The number of nitrogens with zero attached hydrogens (tertiary/aromatic N) is 2. The van der Waals surface area contributed by atoms with E-state index in [1.165, 1.54) is 0 Å². The number of hydrogen-bond donors (Lipinski definition) is 3. The van der Waals surface area contributed by atoms with Crippen molar-refractivity contribution in [3.8, 4) is 0 Å². The predicted octanol–water partition coefficient (Wildman–Crippen LogP) is 2.45. The van der Waals surface area contributed by atoms with Crippen molar-refractivity contribution >= 4 is 28.3 Å². The molecule has 1 unspecified atom stereocenters. The summed E-state index contributed by atoms with van der Waals surface area (Å²) in [5, 5.41) is 16.9. The number of nitrogens with one attached hydrogen (secondary N) is 2. The summed E-state index contributed by atoms with van der Waals surface area (Å²) in [6.45, 7) is 3.88. The molecule has 0 aliphatic rings. The Hall–Kier alpha value is -1.43. The van der Waals surface area contributed by atoms with E-state index < -0.39 is 0 Å². The predicted molar refractivity (Wildman–Crippen MR) is 86.8 cm³/mol. The fourth-order valence-corrected chi connectivity index (χ4v) is 2.35. The topological polar surface area (TPSA) is 70.1 Å². The monoisotopic (exact) mass is 308 g/mol. The molecule has 1 aromatic carbocycles. The van der Waals surface area contributed by atoms with E-state index in [0.717, 1.165) is 36.1 Å². The Morgan fingerprint density at radius 2 is 2.14 bits per heavy atom. The van der Waals surface area contributed by atoms with Gasteiger partial charge in [-0.25, -0.2) is 9.97 Å². The highest BCUT2D eigenvalue weighted by Gasteiger charge is 2.07. The Morgan fingerprint density at radius 1 is 1.29 bits per heavy atom. The summed E-state index contributed by atoms with van der Waals surface area (Å²) >= 11 is 5.98. The molecule has 2 aromatic rings. The van der Waals surface area contributed by atoms with E-state index in [0.29, 0.717) is 17.6 Å². The largest absolute Gasteiger partial charge is 0.395 e. The molecule has 0 radical (unpaired) electrons. The zero-order valence-corrected chi connectivity index (χ0v) is 12.9. The van der Waals surface area contributed by atoms with Gasteiger partial charge < -0.3 is 15.7 Å². The van der Waals surface area contributed by atoms with Crippen LogP contribution in [0, 0.1) is 0 Å². The molecule has 2 rings (SSSR count). The van der Waals surface area contributed by atoms with Crippen LogP contribution in [0.5, 0.6) is 0 Å². The van der Waals surface area contributed by atoms with Gasteiger partial charge in [0.05, 0.1) is 12.1 Å². The number of aliphatic hydroxyl groups excluding tert-OH is 1. The van der Waals surface area contributed by atoms with Crippen molar-refractivity contribution in [2.24, 2.45) is 0 Å². The van der Waals surface area contributed by atoms with Crippen LogP contribution in [0.25, 0.3) is 10.9 Å². The third-order valence-corrected chi connectivity index (χ3v) is 3.50. The van der Waals surface area contributed by atoms with E-state index in [1.807, 2.05) is 18.2 Å². The van der Waals surface area contributed by atoms with Crippen LogP contribution in [0.1, 0.15) is 19.8 Å². The molecule has 21 heavy (non-hydrogen) atoms. The molecular formula is C15H21ClN4O. The minimum absolute atomic E-state index is 0.184. The van der Waals surface area contributed by atoms with Gasteiger partial charge in [0, 0.05) is 23.0 Å². The van der Waals surface area contributed by atoms with Gasteiger partial charge in [-0.05, 0) is 44.5 Å². The first-order chi connectivity index (χ1) is 10.2. The molecule has 3 N–H and O–H groups in total. The summed E-state index contributed by atoms with van der Waals surface area (Å²) in [4.78, 5) is 8.56. The Morgan fingerprint density at radius 3 is 2.95 bits per heavy atom. The van der Waals surface area contributed by atoms with Crippen LogP contribution >= 0.6 is 11.6 Å². The van der Waals surface area contributed by atoms with E-state index in [1.54, 1.807) is 6.33 Å². The summed E-state index contributed by atoms with van der Waals surface area (Å²) in [6.07, 6.45) is 3.62. The highest BCUT2D eigenvalue weighted by Crippen LogP contribution is 2.23. The maximum absolute atomic E-state index is 8.69. The molecule has 0 aliphatic heterocycles. The molecule has 0 amide bonds. The lowest BCUT2D eigenvalue weighted by atomic mass is 10.1. The van der Waals surface area contributed by atoms with E-state index in [4.69, 9.17) is 16.7 Å². The SMILES string of the molecule is CC(CCCNCCO)Nc1ncnc2cc(Cl)ccc12. The lowest BCUT2D eigenvalue weighted by Crippen LogP contribution is -2.22. The summed E-state index contributed by atoms with van der Waals surface area (Å²) in [5.41, 5.74) is 0.844. The van der Waals surface area contributed by atoms with Crippen molar-refractivity contribution in [2.45, 2.75) is 25.8 Å². The number of rotatable bonds is 8. The smallest absolute Gasteiger partial charge is 0.137 e. The molecule has 0 bridgehead atoms. The summed E-state index contributed by atoms with van der Waals surface area (Å²) in [6, 6.07) is 5.94. The molecule has 5 nitrogen and oxygen atoms in total. The van der Waals surface area contributed by atoms with Gasteiger partial charge in [0.2, 0.25) is 0 Å². The Kier molecular flexibility index (Phi) is 6.17. The van der Waals surface area contributed by atoms with Crippen LogP contribution in [0.3, 0.4) is 0 Å². The second-order valence-electron chi connectivity index (χ2n) is 5.04. The average molecular weight is 309 g/mol.